The molecule has 4 amide bonds. The van der Waals surface area contributed by atoms with E-state index in [1.165, 1.54) is 19.6 Å². The van der Waals surface area contributed by atoms with Crippen molar-refractivity contribution in [1.82, 2.24) is 19.6 Å². The Kier molecular flexibility index (Phi) is 22.3. The van der Waals surface area contributed by atoms with Crippen LogP contribution in [0.3, 0.4) is 0 Å². The minimum Gasteiger partial charge on any atom is -0.485 e. The van der Waals surface area contributed by atoms with Gasteiger partial charge in [0.2, 0.25) is 23.6 Å². The zero-order valence-corrected chi connectivity index (χ0v) is 61.8. The van der Waals surface area contributed by atoms with Crippen LogP contribution in [0.5, 0.6) is 23.0 Å². The highest BCUT2D eigenvalue weighted by molar-refractivity contribution is 7.48. The fraction of sp³-hybridized carbons (Fsp3) is 0.529. The number of hydrogen-bond donors (Lipinski definition) is 4. The molecule has 36 heteroatoms. The third kappa shape index (κ3) is 16.6. The quantitative estimate of drug-likeness (QED) is 0.0420. The molecule has 8 aliphatic heterocycles. The lowest BCUT2D eigenvalue weighted by atomic mass is 9.85. The maximum absolute atomic E-state index is 13.4. The summed E-state index contributed by atoms with van der Waals surface area (Å²) in [6, 6.07) is 23.6. The van der Waals surface area contributed by atoms with Gasteiger partial charge in [-0.05, 0) is 154 Å². The van der Waals surface area contributed by atoms with Crippen LogP contribution in [0.15, 0.2) is 72.8 Å². The first kappa shape index (κ1) is 77.5. The molecule has 0 spiro atoms. The lowest BCUT2D eigenvalue weighted by Crippen LogP contribution is -2.54. The van der Waals surface area contributed by atoms with Crippen LogP contribution in [-0.4, -0.2) is 162 Å². The van der Waals surface area contributed by atoms with Gasteiger partial charge in [0.15, 0.2) is 0 Å². The molecular weight excluding hydrogens is 1440 g/mol. The van der Waals surface area contributed by atoms with E-state index in [1.807, 2.05) is 0 Å². The van der Waals surface area contributed by atoms with E-state index < -0.39 is 129 Å². The van der Waals surface area contributed by atoms with E-state index in [2.05, 4.69) is 24.3 Å². The van der Waals surface area contributed by atoms with Crippen LogP contribution in [0.2, 0.25) is 0 Å². The Balaban J connectivity index is 0.000000208. The molecule has 4 saturated heterocycles. The van der Waals surface area contributed by atoms with Crippen molar-refractivity contribution in [2.24, 2.45) is 0 Å². The second-order valence-corrected chi connectivity index (χ2v) is 33.8. The highest BCUT2D eigenvalue weighted by Crippen LogP contribution is 2.59. The lowest BCUT2D eigenvalue weighted by Gasteiger charge is -2.47. The molecular formula is C68H80N8O24P4. The van der Waals surface area contributed by atoms with E-state index >= 15 is 0 Å². The van der Waals surface area contributed by atoms with E-state index in [0.717, 1.165) is 0 Å². The summed E-state index contributed by atoms with van der Waals surface area (Å²) >= 11 is 0. The molecule has 0 radical (unpaired) electrons. The van der Waals surface area contributed by atoms with Crippen LogP contribution in [0.4, 0.5) is 0 Å². The number of phosphoric ester groups is 4. The fourth-order valence-corrected chi connectivity index (χ4v) is 18.6. The summed E-state index contributed by atoms with van der Waals surface area (Å²) in [5, 5.41) is 38.1. The predicted octanol–water partition coefficient (Wildman–Crippen LogP) is 9.61. The second-order valence-electron chi connectivity index (χ2n) is 28.1. The summed E-state index contributed by atoms with van der Waals surface area (Å²) in [4.78, 5) is 101. The van der Waals surface area contributed by atoms with E-state index in [1.54, 1.807) is 128 Å². The topological polar surface area (TPSA) is 436 Å². The van der Waals surface area contributed by atoms with Gasteiger partial charge in [-0.3, -0.25) is 55.4 Å². The smallest absolute Gasteiger partial charge is 0.472 e. The van der Waals surface area contributed by atoms with Crippen molar-refractivity contribution >= 4 is 54.9 Å². The van der Waals surface area contributed by atoms with Crippen LogP contribution in [0, 0.1) is 45.3 Å². The van der Waals surface area contributed by atoms with Crippen molar-refractivity contribution in [3.05, 3.63) is 117 Å². The Morgan fingerprint density at radius 2 is 0.567 bits per heavy atom. The normalized spacial score (nSPS) is 26.9. The van der Waals surface area contributed by atoms with Gasteiger partial charge in [-0.25, -0.2) is 18.3 Å². The minimum absolute atomic E-state index is 0.192. The summed E-state index contributed by atoms with van der Waals surface area (Å²) in [6.45, 7) is 11.7. The van der Waals surface area contributed by atoms with Gasteiger partial charge in [-0.15, -0.1) is 0 Å². The summed E-state index contributed by atoms with van der Waals surface area (Å²) in [5.74, 6) is 0.809. The molecule has 0 saturated carbocycles. The molecule has 4 aromatic rings. The van der Waals surface area contributed by atoms with Crippen molar-refractivity contribution in [2.75, 3.05) is 52.6 Å². The highest BCUT2D eigenvalue weighted by atomic mass is 31.2. The average Bonchev–Trinajstić information content (AvgIpc) is 1.20. The second kappa shape index (κ2) is 30.0. The van der Waals surface area contributed by atoms with Gasteiger partial charge in [-0.2, -0.15) is 21.0 Å². The maximum Gasteiger partial charge on any atom is 0.472 e. The fourth-order valence-electron chi connectivity index (χ4n) is 14.5. The van der Waals surface area contributed by atoms with Gasteiger partial charge in [0, 0.05) is 74.1 Å². The molecule has 12 unspecified atom stereocenters. The van der Waals surface area contributed by atoms with Crippen LogP contribution in [0.25, 0.3) is 0 Å². The first-order valence-electron chi connectivity index (χ1n) is 33.6. The molecule has 0 aliphatic carbocycles. The molecule has 12 atom stereocenters. The Hall–Kier alpha value is -7.64. The molecule has 0 aromatic heterocycles. The minimum atomic E-state index is -4.95. The number of nitrogens with zero attached hydrogens (tertiary/aromatic N) is 8. The Morgan fingerprint density at radius 1 is 0.375 bits per heavy atom. The molecule has 0 bridgehead atoms. The van der Waals surface area contributed by atoms with Gasteiger partial charge in [0.1, 0.15) is 69.8 Å². The van der Waals surface area contributed by atoms with Gasteiger partial charge >= 0.3 is 31.3 Å². The third-order valence-corrected chi connectivity index (χ3v) is 23.2. The average molecular weight is 1520 g/mol. The number of rotatable bonds is 22. The number of carbonyl (C=O) groups is 4. The maximum atomic E-state index is 13.4. The molecule has 8 aliphatic rings. The van der Waals surface area contributed by atoms with Crippen molar-refractivity contribution in [3.63, 3.8) is 0 Å². The largest absolute Gasteiger partial charge is 0.485 e. The van der Waals surface area contributed by atoms with Gasteiger partial charge in [-0.1, -0.05) is 0 Å². The summed E-state index contributed by atoms with van der Waals surface area (Å²) < 4.78 is 121. The summed E-state index contributed by atoms with van der Waals surface area (Å²) in [5.41, 5.74) is -2.06. The Labute approximate surface area is 600 Å². The van der Waals surface area contributed by atoms with Crippen molar-refractivity contribution in [1.29, 1.82) is 21.0 Å². The number of ether oxygens (including phenoxy) is 4. The van der Waals surface area contributed by atoms with Crippen LogP contribution in [0.1, 0.15) is 175 Å². The molecule has 8 heterocycles. The SMILES string of the molecule is CC1(C)Oc2ccc(C#N)cc2C(N2CCCC2=O)C1OP(=O)(O)OCCOP(=O)(O)OC1C(N2CCCC2=O)c2cc(C#N)ccc2OC1(C)C.CC1(C)Oc2ccc(C#N)cc2C(N2CCCC2=O)C1OP(=O)(O)OCCOP(=O)(O)OC1C(N2CCCC2=O)c2cc(C#N)ccc2OC1(C)C. The van der Waals surface area contributed by atoms with E-state index in [-0.39, 0.29) is 49.3 Å². The van der Waals surface area contributed by atoms with Crippen LogP contribution >= 0.6 is 31.3 Å². The number of hydrogen-bond acceptors (Lipinski definition) is 24. The molecule has 104 heavy (non-hydrogen) atoms. The van der Waals surface area contributed by atoms with Crippen LogP contribution < -0.4 is 18.9 Å². The monoisotopic (exact) mass is 1520 g/mol. The van der Waals surface area contributed by atoms with E-state index in [9.17, 15) is 78.1 Å². The first-order valence-corrected chi connectivity index (χ1v) is 39.6. The lowest BCUT2D eigenvalue weighted by molar-refractivity contribution is -0.140. The predicted molar refractivity (Wildman–Crippen MR) is 361 cm³/mol. The highest BCUT2D eigenvalue weighted by Gasteiger charge is 2.57. The Morgan fingerprint density at radius 3 is 0.731 bits per heavy atom. The van der Waals surface area contributed by atoms with Crippen molar-refractivity contribution in [3.8, 4) is 47.3 Å². The van der Waals surface area contributed by atoms with Crippen LogP contribution in [-0.2, 0) is 73.6 Å². The molecule has 556 valence electrons. The third-order valence-electron chi connectivity index (χ3n) is 19.2. The number of benzene rings is 4. The van der Waals surface area contributed by atoms with E-state index in [0.29, 0.717) is 119 Å². The first-order chi connectivity index (χ1) is 48.9. The van der Waals surface area contributed by atoms with Crippen molar-refractivity contribution in [2.45, 2.75) is 178 Å². The molecule has 32 nitrogen and oxygen atoms in total. The number of amides is 4. The number of nitriles is 4. The summed E-state index contributed by atoms with van der Waals surface area (Å²) in [6.07, 6.45) is -1.56. The van der Waals surface area contributed by atoms with Gasteiger partial charge < -0.3 is 58.1 Å². The number of phosphoric acid groups is 4. The number of carbonyl (C=O) groups excluding carboxylic acids is 4. The van der Waals surface area contributed by atoms with Crippen molar-refractivity contribution < 1.29 is 112 Å². The van der Waals surface area contributed by atoms with Gasteiger partial charge in [0.05, 0.1) is 97.1 Å². The zero-order chi connectivity index (χ0) is 75.3. The molecule has 4 aromatic carbocycles. The Bertz CT molecular complexity index is 3880. The van der Waals surface area contributed by atoms with Gasteiger partial charge in [0.25, 0.3) is 0 Å². The van der Waals surface area contributed by atoms with E-state index in [4.69, 9.17) is 55.1 Å². The molecule has 4 N–H and O–H groups in total. The molecule has 12 rings (SSSR count). The number of likely N-dealkylation sites (tertiary alicyclic amines) is 4. The zero-order valence-electron chi connectivity index (χ0n) is 58.2. The summed E-state index contributed by atoms with van der Waals surface area (Å²) in [7, 11) is -19.8. The number of fused-ring (bicyclic) bond motifs is 4. The molecule has 4 fully saturated rings. The standard InChI is InChI=1S/2C34H40N4O12P2/c2*1-33(2)31(29(37-13-5-7-27(37)39)23-17-21(19-35)9-11-25(23)47-33)49-51(41,42)45-15-16-46-52(43,44)50-32-30(38-14-6-8-28(38)40)24-18-22(20-36)10-12-26(24)48-34(32,3)4/h2*9-12,17-18,29-32H,5-8,13-16H2,1-4H3,(H,41,42)(H,43,44).